The van der Waals surface area contributed by atoms with Crippen LogP contribution in [-0.2, 0) is 11.2 Å². The molecule has 0 aliphatic carbocycles. The van der Waals surface area contributed by atoms with Crippen LogP contribution in [0.2, 0.25) is 5.02 Å². The van der Waals surface area contributed by atoms with E-state index in [2.05, 4.69) is 4.98 Å². The van der Waals surface area contributed by atoms with Crippen molar-refractivity contribution in [2.24, 2.45) is 0 Å². The van der Waals surface area contributed by atoms with Crippen LogP contribution in [-0.4, -0.2) is 16.1 Å². The van der Waals surface area contributed by atoms with Crippen molar-refractivity contribution < 1.29 is 18.7 Å². The Kier molecular flexibility index (Phi) is 3.57. The Balaban J connectivity index is 3.13. The number of aromatic nitrogens is 1. The molecule has 82 valence electrons. The van der Waals surface area contributed by atoms with Gasteiger partial charge in [-0.1, -0.05) is 11.6 Å². The van der Waals surface area contributed by atoms with Crippen LogP contribution >= 0.6 is 11.6 Å². The van der Waals surface area contributed by atoms with E-state index in [4.69, 9.17) is 16.7 Å². The third kappa shape index (κ3) is 2.86. The third-order valence-electron chi connectivity index (χ3n) is 1.80. The molecule has 0 aromatic carbocycles. The molecule has 1 N–H and O–H groups in total. The number of carboxylic acid groups (broad SMARTS) is 1. The molecule has 0 saturated carbocycles. The summed E-state index contributed by atoms with van der Waals surface area (Å²) in [5, 5.41) is 8.35. The van der Waals surface area contributed by atoms with Gasteiger partial charge in [-0.25, -0.2) is 8.78 Å². The molecule has 6 heteroatoms. The van der Waals surface area contributed by atoms with E-state index >= 15 is 0 Å². The third-order valence-corrected chi connectivity index (χ3v) is 2.12. The number of nitrogens with zero attached hydrogens (tertiary/aromatic N) is 1. The van der Waals surface area contributed by atoms with Gasteiger partial charge in [0.1, 0.15) is 0 Å². The van der Waals surface area contributed by atoms with Crippen LogP contribution < -0.4 is 0 Å². The summed E-state index contributed by atoms with van der Waals surface area (Å²) in [6.45, 7) is 1.37. The molecule has 1 aromatic heterocycles. The molecule has 0 unspecified atom stereocenters. The number of pyridine rings is 1. The minimum Gasteiger partial charge on any atom is -0.481 e. The molecule has 0 aliphatic heterocycles. The second kappa shape index (κ2) is 4.53. The Morgan fingerprint density at radius 3 is 2.67 bits per heavy atom. The van der Waals surface area contributed by atoms with Gasteiger partial charge in [-0.15, -0.1) is 0 Å². The van der Waals surface area contributed by atoms with Crippen molar-refractivity contribution in [1.29, 1.82) is 0 Å². The van der Waals surface area contributed by atoms with Gasteiger partial charge in [0.2, 0.25) is 0 Å². The van der Waals surface area contributed by atoms with Gasteiger partial charge < -0.3 is 5.11 Å². The molecular weight excluding hydrogens is 228 g/mol. The average molecular weight is 236 g/mol. The number of aryl methyl sites for hydroxylation is 1. The largest absolute Gasteiger partial charge is 0.481 e. The lowest BCUT2D eigenvalue weighted by atomic mass is 10.1. The first-order valence-corrected chi connectivity index (χ1v) is 4.45. The number of carbonyl (C=O) groups is 1. The van der Waals surface area contributed by atoms with Crippen LogP contribution in [0.15, 0.2) is 6.07 Å². The van der Waals surface area contributed by atoms with Crippen LogP contribution in [0.5, 0.6) is 0 Å². The van der Waals surface area contributed by atoms with Crippen molar-refractivity contribution in [2.45, 2.75) is 19.8 Å². The van der Waals surface area contributed by atoms with Crippen molar-refractivity contribution >= 4 is 17.6 Å². The summed E-state index contributed by atoms with van der Waals surface area (Å²) in [7, 11) is 0. The minimum absolute atomic E-state index is 0.0637. The average Bonchev–Trinajstić information content (AvgIpc) is 1.99. The van der Waals surface area contributed by atoms with E-state index in [9.17, 15) is 13.6 Å². The van der Waals surface area contributed by atoms with Crippen molar-refractivity contribution in [3.63, 3.8) is 0 Å². The normalized spacial score (nSPS) is 10.7. The summed E-state index contributed by atoms with van der Waals surface area (Å²) in [4.78, 5) is 14.1. The van der Waals surface area contributed by atoms with Gasteiger partial charge >= 0.3 is 5.97 Å². The summed E-state index contributed by atoms with van der Waals surface area (Å²) in [6.07, 6.45) is -3.03. The van der Waals surface area contributed by atoms with Crippen LogP contribution in [0.3, 0.4) is 0 Å². The quantitative estimate of drug-likeness (QED) is 0.876. The van der Waals surface area contributed by atoms with Gasteiger partial charge in [0.25, 0.3) is 6.43 Å². The molecule has 0 amide bonds. The molecule has 1 aromatic rings. The van der Waals surface area contributed by atoms with Gasteiger partial charge in [-0.3, -0.25) is 9.78 Å². The summed E-state index contributed by atoms with van der Waals surface area (Å²) in [5.41, 5.74) is -0.103. The number of alkyl halides is 2. The second-order valence-electron chi connectivity index (χ2n) is 2.97. The van der Waals surface area contributed by atoms with E-state index in [0.717, 1.165) is 6.07 Å². The number of hydrogen-bond acceptors (Lipinski definition) is 2. The number of aliphatic carboxylic acids is 1. The molecule has 0 fully saturated rings. The molecule has 1 rings (SSSR count). The molecule has 15 heavy (non-hydrogen) atoms. The minimum atomic E-state index is -2.70. The van der Waals surface area contributed by atoms with E-state index in [1.807, 2.05) is 0 Å². The zero-order valence-corrected chi connectivity index (χ0v) is 8.55. The van der Waals surface area contributed by atoms with Crippen LogP contribution in [0, 0.1) is 6.92 Å². The van der Waals surface area contributed by atoms with E-state index < -0.39 is 12.4 Å². The van der Waals surface area contributed by atoms with Crippen LogP contribution in [0.1, 0.15) is 23.4 Å². The lowest BCUT2D eigenvalue weighted by Crippen LogP contribution is -2.05. The predicted octanol–water partition coefficient (Wildman–Crippen LogP) is 2.61. The fraction of sp³-hybridized carbons (Fsp3) is 0.333. The predicted molar refractivity (Wildman–Crippen MR) is 50.3 cm³/mol. The molecule has 0 radical (unpaired) electrons. The van der Waals surface area contributed by atoms with Gasteiger partial charge in [-0.2, -0.15) is 0 Å². The molecule has 0 spiro atoms. The van der Waals surface area contributed by atoms with Crippen molar-refractivity contribution in [1.82, 2.24) is 4.98 Å². The van der Waals surface area contributed by atoms with Crippen molar-refractivity contribution in [3.05, 3.63) is 28.0 Å². The topological polar surface area (TPSA) is 50.2 Å². The zero-order chi connectivity index (χ0) is 11.6. The van der Waals surface area contributed by atoms with Crippen molar-refractivity contribution in [3.8, 4) is 0 Å². The number of halogens is 3. The molecule has 0 aliphatic rings. The molecule has 3 nitrogen and oxygen atoms in total. The Hall–Kier alpha value is -1.23. The SMILES string of the molecule is Cc1nc(CC(=O)O)cc(Cl)c1C(F)F. The Labute approximate surface area is 89.7 Å². The van der Waals surface area contributed by atoms with Crippen LogP contribution in [0.25, 0.3) is 0 Å². The number of hydrogen-bond donors (Lipinski definition) is 1. The van der Waals surface area contributed by atoms with Crippen LogP contribution in [0.4, 0.5) is 8.78 Å². The van der Waals surface area contributed by atoms with Gasteiger partial charge in [0, 0.05) is 5.69 Å². The number of carboxylic acids is 1. The fourth-order valence-electron chi connectivity index (χ4n) is 1.21. The maximum absolute atomic E-state index is 12.4. The van der Waals surface area contributed by atoms with Crippen molar-refractivity contribution in [2.75, 3.05) is 0 Å². The Bertz CT molecular complexity index is 373. The smallest absolute Gasteiger partial charge is 0.309 e. The first-order valence-electron chi connectivity index (χ1n) is 4.07. The maximum atomic E-state index is 12.4. The van der Waals surface area contributed by atoms with Gasteiger partial charge in [-0.05, 0) is 13.0 Å². The standard InChI is InChI=1S/C9H8ClF2NO2/c1-4-8(9(11)12)6(10)2-5(13-4)3-7(14)15/h2,9H,3H2,1H3,(H,14,15). The zero-order valence-electron chi connectivity index (χ0n) is 7.80. The maximum Gasteiger partial charge on any atom is 0.309 e. The number of rotatable bonds is 3. The van der Waals surface area contributed by atoms with Gasteiger partial charge in [0.15, 0.2) is 0 Å². The Morgan fingerprint density at radius 1 is 1.67 bits per heavy atom. The van der Waals surface area contributed by atoms with E-state index in [1.165, 1.54) is 6.92 Å². The van der Waals surface area contributed by atoms with E-state index in [1.54, 1.807) is 0 Å². The van der Waals surface area contributed by atoms with E-state index in [0.29, 0.717) is 0 Å². The summed E-state index contributed by atoms with van der Waals surface area (Å²) in [5.74, 6) is -1.08. The molecular formula is C9H8ClF2NO2. The molecule has 1 heterocycles. The highest BCUT2D eigenvalue weighted by Gasteiger charge is 2.17. The summed E-state index contributed by atoms with van der Waals surface area (Å²) in [6, 6.07) is 1.16. The monoisotopic (exact) mass is 235 g/mol. The first-order chi connectivity index (χ1) is 6.91. The highest BCUT2D eigenvalue weighted by molar-refractivity contribution is 6.31. The summed E-state index contributed by atoms with van der Waals surface area (Å²) >= 11 is 5.60. The molecule has 0 atom stereocenters. The highest BCUT2D eigenvalue weighted by Crippen LogP contribution is 2.29. The Morgan fingerprint density at radius 2 is 2.27 bits per heavy atom. The molecule has 0 saturated heterocycles. The first kappa shape index (κ1) is 11.8. The second-order valence-corrected chi connectivity index (χ2v) is 3.37. The van der Waals surface area contributed by atoms with Gasteiger partial charge in [0.05, 0.1) is 22.7 Å². The highest BCUT2D eigenvalue weighted by atomic mass is 35.5. The lowest BCUT2D eigenvalue weighted by Gasteiger charge is -2.08. The lowest BCUT2D eigenvalue weighted by molar-refractivity contribution is -0.136. The summed E-state index contributed by atoms with van der Waals surface area (Å²) < 4.78 is 24.9. The molecule has 0 bridgehead atoms. The van der Waals surface area contributed by atoms with E-state index in [-0.39, 0.29) is 28.4 Å². The fourth-order valence-corrected chi connectivity index (χ4v) is 1.56.